The van der Waals surface area contributed by atoms with Crippen LogP contribution in [-0.2, 0) is 0 Å². The van der Waals surface area contributed by atoms with Gasteiger partial charge in [0.05, 0.1) is 5.60 Å². The Morgan fingerprint density at radius 2 is 1.85 bits per heavy atom. The lowest BCUT2D eigenvalue weighted by Gasteiger charge is -2.50. The van der Waals surface area contributed by atoms with Crippen LogP contribution < -0.4 is 0 Å². The van der Waals surface area contributed by atoms with Gasteiger partial charge in [0, 0.05) is 0 Å². The van der Waals surface area contributed by atoms with Crippen molar-refractivity contribution in [2.45, 2.75) is 58.0 Å². The summed E-state index contributed by atoms with van der Waals surface area (Å²) in [6.07, 6.45) is 7.46. The SMILES string of the molecule is CC1CCCC2(O)C(C)CCCC12. The van der Waals surface area contributed by atoms with Gasteiger partial charge in [0.15, 0.2) is 0 Å². The largest absolute Gasteiger partial charge is 0.389 e. The minimum atomic E-state index is -0.296. The van der Waals surface area contributed by atoms with E-state index in [1.807, 2.05) is 0 Å². The highest BCUT2D eigenvalue weighted by Crippen LogP contribution is 2.49. The smallest absolute Gasteiger partial charge is 0.0703 e. The van der Waals surface area contributed by atoms with Crippen LogP contribution in [0.5, 0.6) is 0 Å². The Kier molecular flexibility index (Phi) is 2.39. The fourth-order valence-electron chi connectivity index (χ4n) is 3.63. The summed E-state index contributed by atoms with van der Waals surface area (Å²) < 4.78 is 0. The Hall–Kier alpha value is -0.0400. The highest BCUT2D eigenvalue weighted by atomic mass is 16.3. The fraction of sp³-hybridized carbons (Fsp3) is 1.00. The molecule has 2 rings (SSSR count). The van der Waals surface area contributed by atoms with Crippen molar-refractivity contribution in [1.82, 2.24) is 0 Å². The standard InChI is InChI=1S/C12H22O/c1-9-5-4-8-12(13)10(2)6-3-7-11(9)12/h9-11,13H,3-8H2,1-2H3. The Morgan fingerprint density at radius 1 is 1.08 bits per heavy atom. The normalized spacial score (nSPS) is 51.5. The minimum absolute atomic E-state index is 0.296. The van der Waals surface area contributed by atoms with E-state index in [1.54, 1.807) is 0 Å². The number of fused-ring (bicyclic) bond motifs is 1. The second kappa shape index (κ2) is 3.27. The zero-order chi connectivity index (χ0) is 9.47. The van der Waals surface area contributed by atoms with Gasteiger partial charge in [0.1, 0.15) is 0 Å². The Bertz CT molecular complexity index is 190. The van der Waals surface area contributed by atoms with Crippen LogP contribution in [0, 0.1) is 17.8 Å². The van der Waals surface area contributed by atoms with E-state index >= 15 is 0 Å². The van der Waals surface area contributed by atoms with Crippen molar-refractivity contribution in [3.8, 4) is 0 Å². The van der Waals surface area contributed by atoms with Crippen molar-refractivity contribution in [2.75, 3.05) is 0 Å². The maximum atomic E-state index is 10.6. The number of aliphatic hydroxyl groups is 1. The molecule has 0 radical (unpaired) electrons. The molecule has 0 aromatic carbocycles. The minimum Gasteiger partial charge on any atom is -0.389 e. The first-order valence-electron chi connectivity index (χ1n) is 5.87. The van der Waals surface area contributed by atoms with E-state index in [0.717, 1.165) is 12.3 Å². The molecule has 2 aliphatic carbocycles. The lowest BCUT2D eigenvalue weighted by Crippen LogP contribution is -2.51. The summed E-state index contributed by atoms with van der Waals surface area (Å²) in [5.74, 6) is 1.89. The summed E-state index contributed by atoms with van der Waals surface area (Å²) in [7, 11) is 0. The van der Waals surface area contributed by atoms with Crippen molar-refractivity contribution < 1.29 is 5.11 Å². The van der Waals surface area contributed by atoms with Gasteiger partial charge >= 0.3 is 0 Å². The number of hydrogen-bond donors (Lipinski definition) is 1. The van der Waals surface area contributed by atoms with Crippen LogP contribution in [0.2, 0.25) is 0 Å². The molecule has 4 atom stereocenters. The molecule has 2 aliphatic rings. The maximum Gasteiger partial charge on any atom is 0.0703 e. The van der Waals surface area contributed by atoms with Crippen molar-refractivity contribution >= 4 is 0 Å². The average Bonchev–Trinajstić information content (AvgIpc) is 2.08. The summed E-state index contributed by atoms with van der Waals surface area (Å²) in [5, 5.41) is 10.6. The first-order chi connectivity index (χ1) is 6.14. The molecular formula is C12H22O. The Balaban J connectivity index is 2.19. The summed E-state index contributed by atoms with van der Waals surface area (Å²) in [5.41, 5.74) is -0.296. The van der Waals surface area contributed by atoms with Gasteiger partial charge in [-0.05, 0) is 37.0 Å². The second-order valence-electron chi connectivity index (χ2n) is 5.30. The lowest BCUT2D eigenvalue weighted by molar-refractivity contribution is -0.130. The van der Waals surface area contributed by atoms with E-state index in [-0.39, 0.29) is 5.60 Å². The molecule has 0 spiro atoms. The van der Waals surface area contributed by atoms with Gasteiger partial charge < -0.3 is 5.11 Å². The van der Waals surface area contributed by atoms with E-state index in [2.05, 4.69) is 13.8 Å². The van der Waals surface area contributed by atoms with Gasteiger partial charge in [-0.25, -0.2) is 0 Å². The molecule has 1 N–H and O–H groups in total. The third-order valence-electron chi connectivity index (χ3n) is 4.57. The van der Waals surface area contributed by atoms with E-state index in [4.69, 9.17) is 0 Å². The molecule has 4 unspecified atom stereocenters. The molecule has 76 valence electrons. The van der Waals surface area contributed by atoms with Crippen LogP contribution >= 0.6 is 0 Å². The summed E-state index contributed by atoms with van der Waals surface area (Å²) >= 11 is 0. The molecular weight excluding hydrogens is 160 g/mol. The molecule has 2 fully saturated rings. The van der Waals surface area contributed by atoms with Crippen LogP contribution in [0.3, 0.4) is 0 Å². The molecule has 0 saturated heterocycles. The molecule has 2 saturated carbocycles. The molecule has 0 amide bonds. The molecule has 0 aliphatic heterocycles. The van der Waals surface area contributed by atoms with Crippen molar-refractivity contribution in [2.24, 2.45) is 17.8 Å². The van der Waals surface area contributed by atoms with Gasteiger partial charge in [-0.15, -0.1) is 0 Å². The molecule has 0 heterocycles. The van der Waals surface area contributed by atoms with Crippen LogP contribution in [0.15, 0.2) is 0 Å². The van der Waals surface area contributed by atoms with Gasteiger partial charge in [0.2, 0.25) is 0 Å². The first-order valence-corrected chi connectivity index (χ1v) is 5.87. The summed E-state index contributed by atoms with van der Waals surface area (Å²) in [4.78, 5) is 0. The fourth-order valence-corrected chi connectivity index (χ4v) is 3.63. The lowest BCUT2D eigenvalue weighted by atomic mass is 9.59. The Morgan fingerprint density at radius 3 is 2.54 bits per heavy atom. The van der Waals surface area contributed by atoms with Crippen LogP contribution in [0.25, 0.3) is 0 Å². The van der Waals surface area contributed by atoms with Gasteiger partial charge in [-0.1, -0.05) is 33.1 Å². The van der Waals surface area contributed by atoms with Gasteiger partial charge in [-0.2, -0.15) is 0 Å². The molecule has 0 aromatic rings. The summed E-state index contributed by atoms with van der Waals surface area (Å²) in [6, 6.07) is 0. The third-order valence-corrected chi connectivity index (χ3v) is 4.57. The van der Waals surface area contributed by atoms with E-state index in [9.17, 15) is 5.11 Å². The van der Waals surface area contributed by atoms with E-state index < -0.39 is 0 Å². The monoisotopic (exact) mass is 182 g/mol. The Labute approximate surface area is 81.5 Å². The van der Waals surface area contributed by atoms with Crippen molar-refractivity contribution in [3.05, 3.63) is 0 Å². The van der Waals surface area contributed by atoms with E-state index in [0.29, 0.717) is 11.8 Å². The highest BCUT2D eigenvalue weighted by Gasteiger charge is 2.47. The third kappa shape index (κ3) is 1.41. The van der Waals surface area contributed by atoms with Crippen LogP contribution in [0.4, 0.5) is 0 Å². The predicted molar refractivity (Wildman–Crippen MR) is 54.5 cm³/mol. The van der Waals surface area contributed by atoms with E-state index in [1.165, 1.54) is 32.1 Å². The number of hydrogen-bond acceptors (Lipinski definition) is 1. The first kappa shape index (κ1) is 9.51. The molecule has 13 heavy (non-hydrogen) atoms. The topological polar surface area (TPSA) is 20.2 Å². The average molecular weight is 182 g/mol. The van der Waals surface area contributed by atoms with Gasteiger partial charge in [-0.3, -0.25) is 0 Å². The zero-order valence-corrected chi connectivity index (χ0v) is 8.92. The predicted octanol–water partition coefficient (Wildman–Crippen LogP) is 2.97. The zero-order valence-electron chi connectivity index (χ0n) is 8.92. The van der Waals surface area contributed by atoms with Crippen LogP contribution in [0.1, 0.15) is 52.4 Å². The second-order valence-corrected chi connectivity index (χ2v) is 5.30. The number of rotatable bonds is 0. The molecule has 0 bridgehead atoms. The van der Waals surface area contributed by atoms with Crippen molar-refractivity contribution in [1.29, 1.82) is 0 Å². The highest BCUT2D eigenvalue weighted by molar-refractivity contribution is 4.98. The van der Waals surface area contributed by atoms with Crippen molar-refractivity contribution in [3.63, 3.8) is 0 Å². The molecule has 1 heteroatoms. The molecule has 1 nitrogen and oxygen atoms in total. The van der Waals surface area contributed by atoms with Gasteiger partial charge in [0.25, 0.3) is 0 Å². The van der Waals surface area contributed by atoms with Crippen LogP contribution in [-0.4, -0.2) is 10.7 Å². The maximum absolute atomic E-state index is 10.6. The quantitative estimate of drug-likeness (QED) is 0.610. The summed E-state index contributed by atoms with van der Waals surface area (Å²) in [6.45, 7) is 4.57. The molecule has 0 aromatic heterocycles.